The average molecular weight is 476 g/mol. The van der Waals surface area contributed by atoms with Crippen LogP contribution in [0, 0.1) is 0 Å². The molecule has 2 fully saturated rings. The lowest BCUT2D eigenvalue weighted by Gasteiger charge is -2.20. The van der Waals surface area contributed by atoms with Crippen LogP contribution in [0.4, 0.5) is 5.82 Å². The largest absolute Gasteiger partial charge is 0.403 e. The van der Waals surface area contributed by atoms with Gasteiger partial charge in [-0.05, 0) is 32.6 Å². The molecule has 11 nitrogen and oxygen atoms in total. The second kappa shape index (κ2) is 9.41. The fourth-order valence-electron chi connectivity index (χ4n) is 4.30. The second-order valence-electron chi connectivity index (χ2n) is 8.97. The summed E-state index contributed by atoms with van der Waals surface area (Å²) in [5.41, 5.74) is 16.7. The first kappa shape index (κ1) is 22.9. The number of aryl methyl sites for hydroxylation is 1. The molecule has 5 rings (SSSR count). The number of amides is 1. The number of primary amides is 1. The first-order valence-electron chi connectivity index (χ1n) is 11.7. The van der Waals surface area contributed by atoms with Crippen LogP contribution in [0.15, 0.2) is 35.6 Å². The van der Waals surface area contributed by atoms with Gasteiger partial charge < -0.3 is 26.1 Å². The monoisotopic (exact) mass is 475 g/mol. The highest BCUT2D eigenvalue weighted by Crippen LogP contribution is 2.44. The van der Waals surface area contributed by atoms with Gasteiger partial charge in [-0.25, -0.2) is 15.0 Å². The molecule has 0 bridgehead atoms. The summed E-state index contributed by atoms with van der Waals surface area (Å²) in [7, 11) is 1.90. The van der Waals surface area contributed by atoms with Crippen LogP contribution < -0.4 is 16.8 Å². The number of allylic oxidation sites excluding steroid dienone is 1. The smallest absolute Gasteiger partial charge is 0.271 e. The molecular formula is C24H29N9O2. The van der Waals surface area contributed by atoms with Gasteiger partial charge in [-0.3, -0.25) is 14.8 Å². The number of imidazole rings is 1. The van der Waals surface area contributed by atoms with E-state index in [0.717, 1.165) is 53.7 Å². The molecule has 3 aromatic heterocycles. The van der Waals surface area contributed by atoms with Gasteiger partial charge in [0.1, 0.15) is 5.52 Å². The first-order chi connectivity index (χ1) is 17.0. The maximum atomic E-state index is 12.5. The van der Waals surface area contributed by atoms with Gasteiger partial charge in [0, 0.05) is 44.1 Å². The van der Waals surface area contributed by atoms with E-state index in [1.54, 1.807) is 18.7 Å². The number of aliphatic imine (C=N–C) groups is 1. The molecule has 1 aliphatic heterocycles. The van der Waals surface area contributed by atoms with Crippen LogP contribution in [0.1, 0.15) is 54.7 Å². The van der Waals surface area contributed by atoms with E-state index in [2.05, 4.69) is 15.3 Å². The summed E-state index contributed by atoms with van der Waals surface area (Å²) < 4.78 is 7.31. The van der Waals surface area contributed by atoms with Gasteiger partial charge in [-0.1, -0.05) is 0 Å². The van der Waals surface area contributed by atoms with Crippen LogP contribution in [0.25, 0.3) is 22.3 Å². The van der Waals surface area contributed by atoms with Gasteiger partial charge in [0.15, 0.2) is 11.5 Å². The molecule has 1 saturated carbocycles. The number of nitrogens with one attached hydrogen (secondary N) is 1. The lowest BCUT2D eigenvalue weighted by Crippen LogP contribution is -2.23. The highest BCUT2D eigenvalue weighted by atomic mass is 16.5. The zero-order chi connectivity index (χ0) is 24.5. The number of carbonyl (C=O) groups is 1. The molecule has 1 saturated heterocycles. The molecule has 2 aliphatic rings. The van der Waals surface area contributed by atoms with Crippen LogP contribution in [-0.2, 0) is 11.8 Å². The Balaban J connectivity index is 1.56. The van der Waals surface area contributed by atoms with Crippen molar-refractivity contribution in [3.8, 4) is 11.3 Å². The quantitative estimate of drug-likeness (QED) is 0.439. The maximum Gasteiger partial charge on any atom is 0.271 e. The average Bonchev–Trinajstić information content (AvgIpc) is 3.64. The Bertz CT molecular complexity index is 1330. The third kappa shape index (κ3) is 4.59. The fourth-order valence-corrected chi connectivity index (χ4v) is 4.30. The zero-order valence-corrected chi connectivity index (χ0v) is 19.9. The minimum Gasteiger partial charge on any atom is -0.403 e. The number of rotatable bonds is 7. The molecule has 5 N–H and O–H groups in total. The second-order valence-corrected chi connectivity index (χ2v) is 8.97. The van der Waals surface area contributed by atoms with E-state index in [4.69, 9.17) is 31.2 Å². The van der Waals surface area contributed by atoms with E-state index in [1.165, 1.54) is 6.20 Å². The summed E-state index contributed by atoms with van der Waals surface area (Å²) in [5, 5.41) is 3.18. The summed E-state index contributed by atoms with van der Waals surface area (Å²) in [4.78, 5) is 35.7. The van der Waals surface area contributed by atoms with Crippen molar-refractivity contribution in [2.24, 2.45) is 23.5 Å². The predicted octanol–water partition coefficient (Wildman–Crippen LogP) is 2.25. The number of hydrogen-bond acceptors (Lipinski definition) is 9. The van der Waals surface area contributed by atoms with E-state index in [1.807, 2.05) is 18.5 Å². The van der Waals surface area contributed by atoms with Crippen molar-refractivity contribution >= 4 is 28.5 Å². The number of pyridine rings is 1. The highest BCUT2D eigenvalue weighted by molar-refractivity contribution is 6.03. The van der Waals surface area contributed by atoms with E-state index in [9.17, 15) is 4.79 Å². The molecule has 11 heteroatoms. The van der Waals surface area contributed by atoms with Gasteiger partial charge in [0.25, 0.3) is 5.91 Å². The Morgan fingerprint density at radius 2 is 2.00 bits per heavy atom. The van der Waals surface area contributed by atoms with Crippen LogP contribution in [0.2, 0.25) is 0 Å². The van der Waals surface area contributed by atoms with Crippen LogP contribution in [0.5, 0.6) is 0 Å². The Hall–Kier alpha value is -3.86. The van der Waals surface area contributed by atoms with Crippen LogP contribution >= 0.6 is 0 Å². The summed E-state index contributed by atoms with van der Waals surface area (Å²) in [6, 6.07) is 0.165. The molecule has 0 atom stereocenters. The summed E-state index contributed by atoms with van der Waals surface area (Å²) in [6.07, 6.45) is 10.3. The lowest BCUT2D eigenvalue weighted by molar-refractivity contribution is 0.0871. The minimum atomic E-state index is -0.694. The molecule has 182 valence electrons. The summed E-state index contributed by atoms with van der Waals surface area (Å²) >= 11 is 0. The number of aromatic nitrogens is 5. The Morgan fingerprint density at radius 1 is 1.23 bits per heavy atom. The molecule has 0 spiro atoms. The topological polar surface area (TPSA) is 159 Å². The molecule has 4 heterocycles. The van der Waals surface area contributed by atoms with Crippen molar-refractivity contribution in [1.29, 1.82) is 0 Å². The van der Waals surface area contributed by atoms with E-state index < -0.39 is 5.91 Å². The van der Waals surface area contributed by atoms with Gasteiger partial charge in [-0.2, -0.15) is 0 Å². The number of nitrogens with zero attached hydrogens (tertiary/aromatic N) is 6. The zero-order valence-electron chi connectivity index (χ0n) is 19.9. The fraction of sp³-hybridized carbons (Fsp3) is 0.417. The lowest BCUT2D eigenvalue weighted by atomic mass is 10.1. The number of ether oxygens (including phenoxy) is 1. The first-order valence-corrected chi connectivity index (χ1v) is 11.7. The number of fused-ring (bicyclic) bond motifs is 1. The molecule has 0 radical (unpaired) electrons. The van der Waals surface area contributed by atoms with E-state index >= 15 is 0 Å². The highest BCUT2D eigenvalue weighted by Gasteiger charge is 2.32. The summed E-state index contributed by atoms with van der Waals surface area (Å²) in [6.45, 7) is 3.26. The van der Waals surface area contributed by atoms with Crippen molar-refractivity contribution < 1.29 is 9.53 Å². The molecule has 0 aromatic carbocycles. The standard InChI is InChI=1S/C24H29N9O2/c1-13(29-15-5-7-35-8-6-15)17(9-25)30-24-22(23(26)34)31-21(19(32-24)14-3-4-14)16-10-27-11-18-20(16)28-12-33(18)2/h9-12,14-15H,3-8,25H2,1-2H3,(H2,26,34)(H,30,32). The third-order valence-electron chi connectivity index (χ3n) is 6.39. The number of carbonyl (C=O) groups excluding carboxylic acids is 1. The van der Waals surface area contributed by atoms with Crippen molar-refractivity contribution in [1.82, 2.24) is 24.5 Å². The van der Waals surface area contributed by atoms with Crippen molar-refractivity contribution in [3.05, 3.63) is 42.0 Å². The van der Waals surface area contributed by atoms with Crippen LogP contribution in [-0.4, -0.2) is 55.4 Å². The van der Waals surface area contributed by atoms with Crippen molar-refractivity contribution in [3.63, 3.8) is 0 Å². The Kier molecular flexibility index (Phi) is 6.16. The molecular weight excluding hydrogens is 446 g/mol. The van der Waals surface area contributed by atoms with Crippen LogP contribution in [0.3, 0.4) is 0 Å². The molecule has 35 heavy (non-hydrogen) atoms. The van der Waals surface area contributed by atoms with Gasteiger partial charge in [0.2, 0.25) is 0 Å². The number of anilines is 1. The Morgan fingerprint density at radius 3 is 2.69 bits per heavy atom. The SMILES string of the molecule is CC(=NC1CCOCC1)C(=CN)Nc1nc(C2CC2)c(-c2cncc3c2ncn3C)nc1C(N)=O. The van der Waals surface area contributed by atoms with E-state index in [-0.39, 0.29) is 23.5 Å². The molecule has 0 unspecified atom stereocenters. The number of hydrogen-bond donors (Lipinski definition) is 3. The normalized spacial score (nSPS) is 17.7. The van der Waals surface area contributed by atoms with Gasteiger partial charge >= 0.3 is 0 Å². The predicted molar refractivity (Wildman–Crippen MR) is 133 cm³/mol. The molecule has 1 aliphatic carbocycles. The molecule has 3 aromatic rings. The third-order valence-corrected chi connectivity index (χ3v) is 6.39. The van der Waals surface area contributed by atoms with Crippen molar-refractivity contribution in [2.75, 3.05) is 18.5 Å². The maximum absolute atomic E-state index is 12.5. The van der Waals surface area contributed by atoms with Crippen molar-refractivity contribution in [2.45, 2.75) is 44.6 Å². The van der Waals surface area contributed by atoms with E-state index in [0.29, 0.717) is 24.6 Å². The Labute approximate surface area is 202 Å². The van der Waals surface area contributed by atoms with Gasteiger partial charge in [0.05, 0.1) is 46.9 Å². The minimum absolute atomic E-state index is 0.0237. The molecule has 1 amide bonds. The van der Waals surface area contributed by atoms with Gasteiger partial charge in [-0.15, -0.1) is 0 Å². The number of nitrogens with two attached hydrogens (primary N) is 2. The summed E-state index contributed by atoms with van der Waals surface area (Å²) in [5.74, 6) is -0.191.